The Bertz CT molecular complexity index is 1670. The van der Waals surface area contributed by atoms with E-state index in [2.05, 4.69) is 19.2 Å². The Morgan fingerprint density at radius 3 is 0.946 bits per heavy atom. The number of aliphatic hydroxyl groups excluding tert-OH is 11. The molecule has 3 heterocycles. The van der Waals surface area contributed by atoms with Crippen LogP contribution < -0.4 is 5.32 Å². The van der Waals surface area contributed by atoms with Gasteiger partial charge in [-0.1, -0.05) is 309 Å². The van der Waals surface area contributed by atoms with Crippen molar-refractivity contribution in [1.82, 2.24) is 5.32 Å². The number of aliphatic hydroxyl groups is 11. The summed E-state index contributed by atoms with van der Waals surface area (Å²) in [7, 11) is 0. The van der Waals surface area contributed by atoms with Gasteiger partial charge in [0.1, 0.15) is 73.2 Å². The van der Waals surface area contributed by atoms with Crippen LogP contribution in [0.5, 0.6) is 0 Å². The minimum atomic E-state index is -1.97. The molecule has 19 nitrogen and oxygen atoms in total. The van der Waals surface area contributed by atoms with Gasteiger partial charge in [0.25, 0.3) is 0 Å². The lowest BCUT2D eigenvalue weighted by molar-refractivity contribution is -0.379. The molecule has 92 heavy (non-hydrogen) atoms. The largest absolute Gasteiger partial charge is 0.394 e. The van der Waals surface area contributed by atoms with Gasteiger partial charge in [-0.3, -0.25) is 4.79 Å². The summed E-state index contributed by atoms with van der Waals surface area (Å²) in [5.41, 5.74) is 0. The van der Waals surface area contributed by atoms with E-state index in [1.165, 1.54) is 250 Å². The molecule has 0 spiro atoms. The lowest BCUT2D eigenvalue weighted by atomic mass is 9.96. The minimum Gasteiger partial charge on any atom is -0.394 e. The predicted octanol–water partition coefficient (Wildman–Crippen LogP) is 11.5. The molecule has 0 aromatic heterocycles. The van der Waals surface area contributed by atoms with Crippen LogP contribution in [-0.4, -0.2) is 193 Å². The molecule has 0 radical (unpaired) electrons. The molecule has 17 atom stereocenters. The monoisotopic (exact) mass is 1320 g/mol. The highest BCUT2D eigenvalue weighted by Gasteiger charge is 2.53. The normalized spacial score (nSPS) is 27.6. The Labute approximate surface area is 557 Å². The van der Waals surface area contributed by atoms with Crippen LogP contribution in [0, 0.1) is 0 Å². The number of carbonyl (C=O) groups is 1. The van der Waals surface area contributed by atoms with Gasteiger partial charge in [0.15, 0.2) is 18.9 Å². The van der Waals surface area contributed by atoms with Crippen molar-refractivity contribution < 1.29 is 89.4 Å². The number of hydrogen-bond acceptors (Lipinski definition) is 18. The van der Waals surface area contributed by atoms with Crippen LogP contribution in [0.25, 0.3) is 0 Å². The zero-order valence-corrected chi connectivity index (χ0v) is 58.1. The highest BCUT2D eigenvalue weighted by molar-refractivity contribution is 5.76. The van der Waals surface area contributed by atoms with Crippen molar-refractivity contribution in [3.05, 3.63) is 0 Å². The number of rotatable bonds is 61. The van der Waals surface area contributed by atoms with E-state index in [0.29, 0.717) is 12.8 Å². The highest BCUT2D eigenvalue weighted by atomic mass is 16.8. The van der Waals surface area contributed by atoms with E-state index in [1.54, 1.807) is 0 Å². The van der Waals surface area contributed by atoms with Crippen LogP contribution in [0.4, 0.5) is 0 Å². The van der Waals surface area contributed by atoms with E-state index < -0.39 is 124 Å². The van der Waals surface area contributed by atoms with Crippen LogP contribution >= 0.6 is 0 Å². The molecule has 0 aliphatic carbocycles. The minimum absolute atomic E-state index is 0.236. The summed E-state index contributed by atoms with van der Waals surface area (Å²) in [6, 6.07) is -0.881. The first-order chi connectivity index (χ1) is 44.8. The van der Waals surface area contributed by atoms with E-state index >= 15 is 0 Å². The molecule has 0 aromatic carbocycles. The SMILES string of the molecule is CCCCCCCCCCCCCCCCCCCCCCCCCCCCCCCCCCCCCC(=O)NC(COC1OC(CO)C(OC2OC(CO)C(OC3OC(CO)C(O)C(O)C3O)C(O)C2O)C(O)C1O)C(O)CCCCCCCCCCCCCC. The first-order valence-corrected chi connectivity index (χ1v) is 38.3. The predicted molar refractivity (Wildman–Crippen MR) is 361 cm³/mol. The van der Waals surface area contributed by atoms with Gasteiger partial charge in [-0.05, 0) is 12.8 Å². The molecule has 3 saturated heterocycles. The third-order valence-corrected chi connectivity index (χ3v) is 19.7. The van der Waals surface area contributed by atoms with Crippen LogP contribution in [0.15, 0.2) is 0 Å². The highest BCUT2D eigenvalue weighted by Crippen LogP contribution is 2.33. The Balaban J connectivity index is 1.29. The van der Waals surface area contributed by atoms with Crippen molar-refractivity contribution in [1.29, 1.82) is 0 Å². The summed E-state index contributed by atoms with van der Waals surface area (Å²) in [5, 5.41) is 121. The van der Waals surface area contributed by atoms with Gasteiger partial charge in [-0.15, -0.1) is 0 Å². The van der Waals surface area contributed by atoms with Crippen LogP contribution in [0.2, 0.25) is 0 Å². The fraction of sp³-hybridized carbons (Fsp3) is 0.986. The van der Waals surface area contributed by atoms with Crippen LogP contribution in [0.3, 0.4) is 0 Å². The summed E-state index contributed by atoms with van der Waals surface area (Å²) < 4.78 is 34.4. The fourth-order valence-electron chi connectivity index (χ4n) is 13.5. The molecule has 0 saturated carbocycles. The number of amides is 1. The van der Waals surface area contributed by atoms with E-state index in [1.807, 2.05) is 0 Å². The summed E-state index contributed by atoms with van der Waals surface area (Å²) in [4.78, 5) is 13.4. The van der Waals surface area contributed by atoms with E-state index in [9.17, 15) is 61.0 Å². The zero-order valence-electron chi connectivity index (χ0n) is 58.1. The third kappa shape index (κ3) is 36.6. The molecular weight excluding hydrogens is 1180 g/mol. The van der Waals surface area contributed by atoms with E-state index in [0.717, 1.165) is 44.9 Å². The van der Waals surface area contributed by atoms with Gasteiger partial charge in [0.05, 0.1) is 38.6 Å². The molecule has 3 aliphatic heterocycles. The molecular formula is C73H141NO18. The van der Waals surface area contributed by atoms with Gasteiger partial charge < -0.3 is 89.9 Å². The van der Waals surface area contributed by atoms with Crippen LogP contribution in [0.1, 0.15) is 328 Å². The first kappa shape index (κ1) is 85.0. The Kier molecular flexibility index (Phi) is 51.4. The average Bonchev–Trinajstić information content (AvgIpc) is 0.830. The van der Waals surface area contributed by atoms with Crippen LogP contribution in [-0.2, 0) is 33.2 Å². The maximum Gasteiger partial charge on any atom is 0.220 e. The van der Waals surface area contributed by atoms with Gasteiger partial charge in [0, 0.05) is 6.42 Å². The zero-order chi connectivity index (χ0) is 66.8. The smallest absolute Gasteiger partial charge is 0.220 e. The Hall–Kier alpha value is -1.21. The summed E-state index contributed by atoms with van der Waals surface area (Å²) in [5.74, 6) is -0.236. The number of ether oxygens (including phenoxy) is 6. The first-order valence-electron chi connectivity index (χ1n) is 38.3. The molecule has 0 aromatic rings. The topological polar surface area (TPSA) is 307 Å². The molecule has 546 valence electrons. The lowest BCUT2D eigenvalue weighted by Gasteiger charge is -2.48. The molecule has 3 fully saturated rings. The number of nitrogens with one attached hydrogen (secondary N) is 1. The maximum atomic E-state index is 13.4. The second-order valence-electron chi connectivity index (χ2n) is 27.8. The second-order valence-corrected chi connectivity index (χ2v) is 27.8. The van der Waals surface area contributed by atoms with Gasteiger partial charge in [0.2, 0.25) is 5.91 Å². The number of unbranched alkanes of at least 4 members (excludes halogenated alkanes) is 45. The Morgan fingerprint density at radius 1 is 0.348 bits per heavy atom. The van der Waals surface area contributed by atoms with E-state index in [-0.39, 0.29) is 18.9 Å². The van der Waals surface area contributed by atoms with E-state index in [4.69, 9.17) is 28.4 Å². The molecule has 19 heteroatoms. The van der Waals surface area contributed by atoms with Crippen molar-refractivity contribution in [2.24, 2.45) is 0 Å². The molecule has 1 amide bonds. The van der Waals surface area contributed by atoms with Gasteiger partial charge in [-0.2, -0.15) is 0 Å². The molecule has 17 unspecified atom stereocenters. The van der Waals surface area contributed by atoms with Crippen molar-refractivity contribution in [2.75, 3.05) is 26.4 Å². The van der Waals surface area contributed by atoms with Crippen molar-refractivity contribution in [3.8, 4) is 0 Å². The fourth-order valence-corrected chi connectivity index (χ4v) is 13.5. The summed E-state index contributed by atoms with van der Waals surface area (Å²) in [6.45, 7) is 1.83. The number of hydrogen-bond donors (Lipinski definition) is 12. The van der Waals surface area contributed by atoms with Crippen molar-refractivity contribution in [2.45, 2.75) is 433 Å². The molecule has 0 bridgehead atoms. The van der Waals surface area contributed by atoms with Gasteiger partial charge >= 0.3 is 0 Å². The number of carbonyl (C=O) groups excluding carboxylic acids is 1. The standard InChI is InChI=1S/C73H141NO18/c1-3-5-7-9-11-13-15-17-18-19-20-21-22-23-24-25-26-27-28-29-30-31-32-33-34-35-36-37-38-39-41-43-45-47-49-51-61(79)74-56(57(78)50-48-46-44-42-40-16-14-12-10-8-6-4-2)55-87-71-67(85)64(82)69(59(53-76)89-71)92-73-68(86)65(83)70(60(54-77)90-73)91-72-66(84)63(81)62(80)58(52-75)88-72/h56-60,62-73,75-78,80-86H,3-55H2,1-2H3,(H,74,79). The summed E-state index contributed by atoms with van der Waals surface area (Å²) in [6.07, 6.45) is 35.2. The second kappa shape index (κ2) is 55.6. The summed E-state index contributed by atoms with van der Waals surface area (Å²) >= 11 is 0. The molecule has 3 aliphatic rings. The maximum absolute atomic E-state index is 13.4. The Morgan fingerprint density at radius 2 is 0.620 bits per heavy atom. The van der Waals surface area contributed by atoms with Crippen molar-refractivity contribution in [3.63, 3.8) is 0 Å². The molecule has 12 N–H and O–H groups in total. The lowest BCUT2D eigenvalue weighted by Crippen LogP contribution is -2.66. The third-order valence-electron chi connectivity index (χ3n) is 19.7. The quantitative estimate of drug-likeness (QED) is 0.0252. The van der Waals surface area contributed by atoms with Crippen molar-refractivity contribution >= 4 is 5.91 Å². The molecule has 3 rings (SSSR count). The van der Waals surface area contributed by atoms with Gasteiger partial charge in [-0.25, -0.2) is 0 Å². The average molecular weight is 1320 g/mol.